The predicted molar refractivity (Wildman–Crippen MR) is 85.8 cm³/mol. The predicted octanol–water partition coefficient (Wildman–Crippen LogP) is 3.37. The Hall–Kier alpha value is -1.12. The minimum Gasteiger partial charge on any atom is -0.390 e. The summed E-state index contributed by atoms with van der Waals surface area (Å²) in [6.07, 6.45) is 11.4. The van der Waals surface area contributed by atoms with Crippen molar-refractivity contribution in [2.24, 2.45) is 11.8 Å². The molecule has 1 aromatic carbocycles. The van der Waals surface area contributed by atoms with Gasteiger partial charge in [-0.1, -0.05) is 42.5 Å². The number of hydrogen-bond donors (Lipinski definition) is 2. The standard InChI is InChI=1S/C19H25NO/c21-19-12-16-9-17(13-19)11-18(10-16,14-19)20-8-4-7-15-5-2-1-3-6-15/h1-7,16-17,20-21H,8-14H2. The van der Waals surface area contributed by atoms with E-state index in [1.165, 1.54) is 24.8 Å². The van der Waals surface area contributed by atoms with Crippen molar-refractivity contribution >= 4 is 6.08 Å². The van der Waals surface area contributed by atoms with Crippen LogP contribution in [0, 0.1) is 11.8 Å². The van der Waals surface area contributed by atoms with E-state index >= 15 is 0 Å². The SMILES string of the molecule is OC12CC3CC(C1)CC(NCC=Cc1ccccc1)(C3)C2. The first-order valence-electron chi connectivity index (χ1n) is 8.34. The molecule has 1 aromatic rings. The summed E-state index contributed by atoms with van der Waals surface area (Å²) < 4.78 is 0. The fourth-order valence-corrected chi connectivity index (χ4v) is 5.46. The van der Waals surface area contributed by atoms with E-state index in [4.69, 9.17) is 0 Å². The smallest absolute Gasteiger partial charge is 0.0670 e. The third-order valence-electron chi connectivity index (χ3n) is 5.73. The molecule has 4 bridgehead atoms. The molecular weight excluding hydrogens is 258 g/mol. The van der Waals surface area contributed by atoms with Crippen molar-refractivity contribution in [1.29, 1.82) is 0 Å². The molecule has 2 N–H and O–H groups in total. The van der Waals surface area contributed by atoms with E-state index in [9.17, 15) is 5.11 Å². The van der Waals surface area contributed by atoms with Gasteiger partial charge in [-0.3, -0.25) is 0 Å². The highest BCUT2D eigenvalue weighted by Crippen LogP contribution is 2.57. The van der Waals surface area contributed by atoms with Crippen LogP contribution in [-0.2, 0) is 0 Å². The second kappa shape index (κ2) is 4.96. The van der Waals surface area contributed by atoms with E-state index in [1.807, 2.05) is 6.07 Å². The number of hydrogen-bond acceptors (Lipinski definition) is 2. The molecule has 2 unspecified atom stereocenters. The second-order valence-electron chi connectivity index (χ2n) is 7.66. The molecule has 2 heteroatoms. The summed E-state index contributed by atoms with van der Waals surface area (Å²) in [6, 6.07) is 10.4. The average Bonchev–Trinajstić information content (AvgIpc) is 2.42. The zero-order valence-electron chi connectivity index (χ0n) is 12.6. The molecule has 21 heavy (non-hydrogen) atoms. The molecule has 5 rings (SSSR count). The Balaban J connectivity index is 1.40. The van der Waals surface area contributed by atoms with E-state index < -0.39 is 0 Å². The zero-order chi connectivity index (χ0) is 14.3. The summed E-state index contributed by atoms with van der Waals surface area (Å²) in [6.45, 7) is 0.907. The average molecular weight is 283 g/mol. The molecule has 0 heterocycles. The molecular formula is C19H25NO. The van der Waals surface area contributed by atoms with Crippen molar-refractivity contribution < 1.29 is 5.11 Å². The first-order chi connectivity index (χ1) is 10.1. The van der Waals surface area contributed by atoms with Crippen molar-refractivity contribution in [3.8, 4) is 0 Å². The van der Waals surface area contributed by atoms with E-state index in [-0.39, 0.29) is 11.1 Å². The van der Waals surface area contributed by atoms with Gasteiger partial charge in [-0.25, -0.2) is 0 Å². The molecule has 0 aliphatic heterocycles. The third kappa shape index (κ3) is 2.67. The molecule has 4 saturated carbocycles. The number of nitrogens with one attached hydrogen (secondary N) is 1. The van der Waals surface area contributed by atoms with Gasteiger partial charge >= 0.3 is 0 Å². The van der Waals surface area contributed by atoms with Crippen LogP contribution in [-0.4, -0.2) is 22.8 Å². The van der Waals surface area contributed by atoms with Crippen LogP contribution in [0.4, 0.5) is 0 Å². The lowest BCUT2D eigenvalue weighted by molar-refractivity contribution is -0.141. The van der Waals surface area contributed by atoms with Crippen molar-refractivity contribution in [3.05, 3.63) is 42.0 Å². The molecule has 0 aromatic heterocycles. The van der Waals surface area contributed by atoms with Gasteiger partial charge in [0.25, 0.3) is 0 Å². The Morgan fingerprint density at radius 3 is 2.48 bits per heavy atom. The Morgan fingerprint density at radius 1 is 1.10 bits per heavy atom. The molecule has 0 amide bonds. The molecule has 2 nitrogen and oxygen atoms in total. The summed E-state index contributed by atoms with van der Waals surface area (Å²) in [7, 11) is 0. The normalized spacial score (nSPS) is 41.0. The Kier molecular flexibility index (Phi) is 3.20. The Morgan fingerprint density at radius 2 is 1.81 bits per heavy atom. The van der Waals surface area contributed by atoms with E-state index in [1.54, 1.807) is 0 Å². The summed E-state index contributed by atoms with van der Waals surface area (Å²) >= 11 is 0. The van der Waals surface area contributed by atoms with Crippen LogP contribution in [0.3, 0.4) is 0 Å². The van der Waals surface area contributed by atoms with Crippen LogP contribution in [0.2, 0.25) is 0 Å². The minimum atomic E-state index is -0.361. The lowest BCUT2D eigenvalue weighted by Crippen LogP contribution is -2.64. The maximum Gasteiger partial charge on any atom is 0.0670 e. The van der Waals surface area contributed by atoms with E-state index in [2.05, 4.69) is 41.7 Å². The van der Waals surface area contributed by atoms with Crippen LogP contribution in [0.5, 0.6) is 0 Å². The van der Waals surface area contributed by atoms with E-state index in [0.29, 0.717) is 0 Å². The summed E-state index contributed by atoms with van der Waals surface area (Å²) in [4.78, 5) is 0. The number of aliphatic hydroxyl groups is 1. The van der Waals surface area contributed by atoms with Crippen LogP contribution in [0.25, 0.3) is 6.08 Å². The van der Waals surface area contributed by atoms with Crippen molar-refractivity contribution in [2.45, 2.75) is 49.7 Å². The third-order valence-corrected chi connectivity index (χ3v) is 5.73. The van der Waals surface area contributed by atoms with Crippen molar-refractivity contribution in [3.63, 3.8) is 0 Å². The van der Waals surface area contributed by atoms with E-state index in [0.717, 1.165) is 37.6 Å². The summed E-state index contributed by atoms with van der Waals surface area (Å²) in [5.41, 5.74) is 1.10. The molecule has 0 spiro atoms. The minimum absolute atomic E-state index is 0.208. The maximum absolute atomic E-state index is 10.7. The quantitative estimate of drug-likeness (QED) is 0.888. The van der Waals surface area contributed by atoms with Gasteiger partial charge in [0.05, 0.1) is 5.60 Å². The monoisotopic (exact) mass is 283 g/mol. The lowest BCUT2D eigenvalue weighted by Gasteiger charge is -2.60. The molecule has 4 fully saturated rings. The highest BCUT2D eigenvalue weighted by molar-refractivity contribution is 5.48. The van der Waals surface area contributed by atoms with Crippen LogP contribution in [0.15, 0.2) is 36.4 Å². The zero-order valence-corrected chi connectivity index (χ0v) is 12.6. The number of rotatable bonds is 4. The molecule has 4 aliphatic rings. The van der Waals surface area contributed by atoms with Gasteiger partial charge in [-0.2, -0.15) is 0 Å². The maximum atomic E-state index is 10.7. The van der Waals surface area contributed by atoms with Gasteiger partial charge < -0.3 is 10.4 Å². The molecule has 2 atom stereocenters. The van der Waals surface area contributed by atoms with Gasteiger partial charge in [0, 0.05) is 12.1 Å². The van der Waals surface area contributed by atoms with Crippen LogP contribution >= 0.6 is 0 Å². The van der Waals surface area contributed by atoms with Gasteiger partial charge in [0.1, 0.15) is 0 Å². The first kappa shape index (κ1) is 13.5. The molecule has 0 saturated heterocycles. The Labute approximate surface area is 127 Å². The largest absolute Gasteiger partial charge is 0.390 e. The van der Waals surface area contributed by atoms with Gasteiger partial charge in [-0.15, -0.1) is 0 Å². The van der Waals surface area contributed by atoms with Crippen LogP contribution in [0.1, 0.15) is 44.1 Å². The second-order valence-corrected chi connectivity index (χ2v) is 7.66. The fraction of sp³-hybridized carbons (Fsp3) is 0.579. The summed E-state index contributed by atoms with van der Waals surface area (Å²) in [5, 5.41) is 14.5. The van der Waals surface area contributed by atoms with Gasteiger partial charge in [-0.05, 0) is 55.9 Å². The topological polar surface area (TPSA) is 32.3 Å². The molecule has 4 aliphatic carbocycles. The molecule has 112 valence electrons. The first-order valence-corrected chi connectivity index (χ1v) is 8.34. The fourth-order valence-electron chi connectivity index (χ4n) is 5.46. The number of benzene rings is 1. The van der Waals surface area contributed by atoms with Gasteiger partial charge in [0.2, 0.25) is 0 Å². The molecule has 0 radical (unpaired) electrons. The van der Waals surface area contributed by atoms with Crippen molar-refractivity contribution in [1.82, 2.24) is 5.32 Å². The van der Waals surface area contributed by atoms with Crippen LogP contribution < -0.4 is 5.32 Å². The lowest BCUT2D eigenvalue weighted by atomic mass is 9.51. The van der Waals surface area contributed by atoms with Crippen molar-refractivity contribution in [2.75, 3.05) is 6.54 Å². The highest BCUT2D eigenvalue weighted by Gasteiger charge is 2.56. The highest BCUT2D eigenvalue weighted by atomic mass is 16.3. The summed E-state index contributed by atoms with van der Waals surface area (Å²) in [5.74, 6) is 1.50. The van der Waals surface area contributed by atoms with Gasteiger partial charge in [0.15, 0.2) is 0 Å². The Bertz CT molecular complexity index is 522.